The molecule has 1 amide bonds. The lowest BCUT2D eigenvalue weighted by Crippen LogP contribution is -2.42. The molecule has 2 aromatic heterocycles. The summed E-state index contributed by atoms with van der Waals surface area (Å²) in [4.78, 5) is 31.9. The molecule has 0 spiro atoms. The molecular weight excluding hydrogens is 410 g/mol. The van der Waals surface area contributed by atoms with Crippen LogP contribution in [0.25, 0.3) is 5.69 Å². The lowest BCUT2D eigenvalue weighted by atomic mass is 9.90. The number of hydrogen-bond acceptors (Lipinski definition) is 7. The Morgan fingerprint density at radius 3 is 2.50 bits per heavy atom. The largest absolute Gasteiger partial charge is 0.497 e. The van der Waals surface area contributed by atoms with Crippen LogP contribution >= 0.6 is 0 Å². The Morgan fingerprint density at radius 1 is 1.06 bits per heavy atom. The number of pyridine rings is 1. The summed E-state index contributed by atoms with van der Waals surface area (Å²) < 4.78 is 11.7. The second kappa shape index (κ2) is 9.09. The number of benzene rings is 1. The molecule has 1 fully saturated rings. The molecule has 1 saturated heterocycles. The number of ketones is 1. The SMILES string of the molecule is COc1ccc(-n2ncc(C(=O)C3CCCN(C(=O)c4ccc(OC)nc4)C3)c2N)cc1. The average Bonchev–Trinajstić information content (AvgIpc) is 3.24. The maximum atomic E-state index is 13.2. The highest BCUT2D eigenvalue weighted by Gasteiger charge is 2.31. The zero-order chi connectivity index (χ0) is 22.7. The smallest absolute Gasteiger partial charge is 0.255 e. The number of nitrogens with two attached hydrogens (primary N) is 1. The topological polar surface area (TPSA) is 113 Å². The number of rotatable bonds is 6. The monoisotopic (exact) mass is 435 g/mol. The molecule has 0 radical (unpaired) electrons. The molecule has 1 aliphatic heterocycles. The van der Waals surface area contributed by atoms with Crippen LogP contribution in [0.2, 0.25) is 0 Å². The predicted octanol–water partition coefficient (Wildman–Crippen LogP) is 2.60. The van der Waals surface area contributed by atoms with Gasteiger partial charge in [0.25, 0.3) is 5.91 Å². The van der Waals surface area contributed by atoms with Crippen LogP contribution in [0, 0.1) is 5.92 Å². The molecule has 0 bridgehead atoms. The average molecular weight is 435 g/mol. The second-order valence-electron chi connectivity index (χ2n) is 7.60. The third-order valence-corrected chi connectivity index (χ3v) is 5.66. The number of amides is 1. The molecule has 3 aromatic rings. The highest BCUT2D eigenvalue weighted by atomic mass is 16.5. The van der Waals surface area contributed by atoms with Crippen LogP contribution in [0.4, 0.5) is 5.82 Å². The van der Waals surface area contributed by atoms with E-state index in [4.69, 9.17) is 15.2 Å². The first kappa shape index (κ1) is 21.4. The number of piperidine rings is 1. The Bertz CT molecular complexity index is 1110. The number of Topliss-reactive ketones (excluding diaryl/α,β-unsaturated/α-hetero) is 1. The zero-order valence-electron chi connectivity index (χ0n) is 18.0. The van der Waals surface area contributed by atoms with Gasteiger partial charge in [-0.25, -0.2) is 9.67 Å². The van der Waals surface area contributed by atoms with Gasteiger partial charge in [-0.3, -0.25) is 9.59 Å². The van der Waals surface area contributed by atoms with Crippen molar-refractivity contribution in [3.8, 4) is 17.3 Å². The molecule has 1 aromatic carbocycles. The standard InChI is InChI=1S/C23H25N5O4/c1-31-18-8-6-17(7-9-18)28-22(24)19(13-26-28)21(29)16-4-3-11-27(14-16)23(30)15-5-10-20(32-2)25-12-15/h5-10,12-13,16H,3-4,11,14,24H2,1-2H3. The molecule has 166 valence electrons. The molecule has 3 heterocycles. The number of ether oxygens (including phenoxy) is 2. The quantitative estimate of drug-likeness (QED) is 0.592. The summed E-state index contributed by atoms with van der Waals surface area (Å²) in [6.07, 6.45) is 4.41. The fraction of sp³-hybridized carbons (Fsp3) is 0.304. The van der Waals surface area contributed by atoms with Crippen molar-refractivity contribution in [2.75, 3.05) is 33.0 Å². The van der Waals surface area contributed by atoms with Crippen molar-refractivity contribution in [2.45, 2.75) is 12.8 Å². The van der Waals surface area contributed by atoms with Crippen molar-refractivity contribution >= 4 is 17.5 Å². The summed E-state index contributed by atoms with van der Waals surface area (Å²) >= 11 is 0. The van der Waals surface area contributed by atoms with E-state index in [1.54, 1.807) is 36.3 Å². The van der Waals surface area contributed by atoms with E-state index in [-0.39, 0.29) is 23.4 Å². The van der Waals surface area contributed by atoms with E-state index >= 15 is 0 Å². The van der Waals surface area contributed by atoms with Gasteiger partial charge in [-0.15, -0.1) is 0 Å². The molecule has 1 aliphatic rings. The molecule has 4 rings (SSSR count). The van der Waals surface area contributed by atoms with Crippen LogP contribution in [-0.4, -0.2) is 58.7 Å². The summed E-state index contributed by atoms with van der Waals surface area (Å²) in [6, 6.07) is 10.6. The number of methoxy groups -OCH3 is 2. The Hall–Kier alpha value is -3.88. The molecule has 2 N–H and O–H groups in total. The Labute approximate surface area is 185 Å². The van der Waals surface area contributed by atoms with Gasteiger partial charge in [-0.05, 0) is 43.2 Å². The van der Waals surface area contributed by atoms with Crippen molar-refractivity contribution in [1.82, 2.24) is 19.7 Å². The molecular formula is C23H25N5O4. The first-order chi connectivity index (χ1) is 15.5. The Morgan fingerprint density at radius 2 is 1.84 bits per heavy atom. The maximum absolute atomic E-state index is 13.2. The molecule has 9 heteroatoms. The highest BCUT2D eigenvalue weighted by molar-refractivity contribution is 6.02. The van der Waals surface area contributed by atoms with E-state index < -0.39 is 0 Å². The normalized spacial score (nSPS) is 15.9. The van der Waals surface area contributed by atoms with Gasteiger partial charge >= 0.3 is 0 Å². The summed E-state index contributed by atoms with van der Waals surface area (Å²) in [5.74, 6) is 0.845. The third-order valence-electron chi connectivity index (χ3n) is 5.66. The minimum absolute atomic E-state index is 0.104. The first-order valence-electron chi connectivity index (χ1n) is 10.3. The lowest BCUT2D eigenvalue weighted by Gasteiger charge is -2.32. The molecule has 1 unspecified atom stereocenters. The van der Waals surface area contributed by atoms with Crippen LogP contribution in [0.1, 0.15) is 33.6 Å². The second-order valence-corrected chi connectivity index (χ2v) is 7.60. The minimum atomic E-state index is -0.338. The summed E-state index contributed by atoms with van der Waals surface area (Å²) in [5.41, 5.74) is 7.84. The van der Waals surface area contributed by atoms with E-state index in [2.05, 4.69) is 10.1 Å². The van der Waals surface area contributed by atoms with E-state index in [1.807, 2.05) is 12.1 Å². The number of aromatic nitrogens is 3. The van der Waals surface area contributed by atoms with Crippen LogP contribution in [0.15, 0.2) is 48.8 Å². The van der Waals surface area contributed by atoms with E-state index in [0.717, 1.165) is 17.9 Å². The van der Waals surface area contributed by atoms with Crippen LogP contribution in [-0.2, 0) is 0 Å². The Kier molecular flexibility index (Phi) is 6.07. The zero-order valence-corrected chi connectivity index (χ0v) is 18.0. The molecule has 0 saturated carbocycles. The number of anilines is 1. The maximum Gasteiger partial charge on any atom is 0.255 e. The fourth-order valence-corrected chi connectivity index (χ4v) is 3.88. The highest BCUT2D eigenvalue weighted by Crippen LogP contribution is 2.26. The number of hydrogen-bond donors (Lipinski definition) is 1. The van der Waals surface area contributed by atoms with Gasteiger partial charge in [0, 0.05) is 31.3 Å². The van der Waals surface area contributed by atoms with E-state index in [1.165, 1.54) is 24.2 Å². The van der Waals surface area contributed by atoms with Gasteiger partial charge in [0.05, 0.1) is 37.2 Å². The van der Waals surface area contributed by atoms with Crippen molar-refractivity contribution < 1.29 is 19.1 Å². The minimum Gasteiger partial charge on any atom is -0.497 e. The van der Waals surface area contributed by atoms with Crippen molar-refractivity contribution in [2.24, 2.45) is 5.92 Å². The number of carbonyl (C=O) groups is 2. The van der Waals surface area contributed by atoms with Gasteiger partial charge in [0.1, 0.15) is 11.6 Å². The van der Waals surface area contributed by atoms with Gasteiger partial charge in [-0.2, -0.15) is 5.10 Å². The van der Waals surface area contributed by atoms with Crippen molar-refractivity contribution in [3.05, 3.63) is 59.9 Å². The number of likely N-dealkylation sites (tertiary alicyclic amines) is 1. The molecule has 1 atom stereocenters. The summed E-state index contributed by atoms with van der Waals surface area (Å²) in [6.45, 7) is 0.923. The lowest BCUT2D eigenvalue weighted by molar-refractivity contribution is 0.0637. The van der Waals surface area contributed by atoms with E-state index in [9.17, 15) is 9.59 Å². The number of nitrogen functional groups attached to an aromatic ring is 1. The van der Waals surface area contributed by atoms with E-state index in [0.29, 0.717) is 36.5 Å². The first-order valence-corrected chi connectivity index (χ1v) is 10.3. The summed E-state index contributed by atoms with van der Waals surface area (Å²) in [5, 5.41) is 4.30. The van der Waals surface area contributed by atoms with Gasteiger partial charge < -0.3 is 20.1 Å². The van der Waals surface area contributed by atoms with Crippen LogP contribution in [0.5, 0.6) is 11.6 Å². The summed E-state index contributed by atoms with van der Waals surface area (Å²) in [7, 11) is 3.12. The van der Waals surface area contributed by atoms with Gasteiger partial charge in [-0.1, -0.05) is 0 Å². The van der Waals surface area contributed by atoms with Gasteiger partial charge in [0.15, 0.2) is 5.78 Å². The fourth-order valence-electron chi connectivity index (χ4n) is 3.88. The third kappa shape index (κ3) is 4.14. The molecule has 32 heavy (non-hydrogen) atoms. The molecule has 9 nitrogen and oxygen atoms in total. The predicted molar refractivity (Wildman–Crippen MR) is 118 cm³/mol. The van der Waals surface area contributed by atoms with Gasteiger partial charge in [0.2, 0.25) is 5.88 Å². The van der Waals surface area contributed by atoms with Crippen LogP contribution in [0.3, 0.4) is 0 Å². The van der Waals surface area contributed by atoms with Crippen molar-refractivity contribution in [3.63, 3.8) is 0 Å². The number of nitrogens with zero attached hydrogens (tertiary/aromatic N) is 4. The number of carbonyl (C=O) groups excluding carboxylic acids is 2. The molecule has 0 aliphatic carbocycles. The van der Waals surface area contributed by atoms with Crippen molar-refractivity contribution in [1.29, 1.82) is 0 Å². The Balaban J connectivity index is 1.49. The van der Waals surface area contributed by atoms with Crippen LogP contribution < -0.4 is 15.2 Å².